The van der Waals surface area contributed by atoms with Gasteiger partial charge in [0.15, 0.2) is 5.96 Å². The van der Waals surface area contributed by atoms with E-state index in [0.717, 1.165) is 18.8 Å². The molecule has 0 amide bonds. The lowest BCUT2D eigenvalue weighted by Gasteiger charge is -2.13. The van der Waals surface area contributed by atoms with Gasteiger partial charge in [-0.15, -0.1) is 0 Å². The zero-order valence-corrected chi connectivity index (χ0v) is 13.8. The molecule has 0 saturated carbocycles. The second kappa shape index (κ2) is 8.95. The van der Waals surface area contributed by atoms with Gasteiger partial charge in [0.05, 0.1) is 6.61 Å². The highest BCUT2D eigenvalue weighted by atomic mass is 16.5. The third-order valence-electron chi connectivity index (χ3n) is 3.43. The van der Waals surface area contributed by atoms with Crippen LogP contribution in [0.5, 0.6) is 0 Å². The smallest absolute Gasteiger partial charge is 0.188 e. The number of rotatable bonds is 8. The predicted molar refractivity (Wildman–Crippen MR) is 92.4 cm³/mol. The second-order valence-corrected chi connectivity index (χ2v) is 5.47. The third kappa shape index (κ3) is 5.75. The van der Waals surface area contributed by atoms with Crippen molar-refractivity contribution in [3.05, 3.63) is 54.1 Å². The maximum atomic E-state index is 5.86. The topological polar surface area (TPSA) is 77.5 Å². The molecule has 124 valence electrons. The summed E-state index contributed by atoms with van der Waals surface area (Å²) in [6, 6.07) is 10.5. The first-order chi connectivity index (χ1) is 11.2. The Hall–Kier alpha value is -2.34. The fourth-order valence-corrected chi connectivity index (χ4v) is 2.36. The van der Waals surface area contributed by atoms with Crippen LogP contribution in [0, 0.1) is 0 Å². The van der Waals surface area contributed by atoms with Crippen molar-refractivity contribution < 1.29 is 4.74 Å². The van der Waals surface area contributed by atoms with Gasteiger partial charge in [-0.3, -0.25) is 4.99 Å². The molecule has 1 atom stereocenters. The van der Waals surface area contributed by atoms with E-state index in [-0.39, 0.29) is 6.04 Å². The Balaban J connectivity index is 1.86. The van der Waals surface area contributed by atoms with Crippen LogP contribution in [0.3, 0.4) is 0 Å². The molecule has 0 spiro atoms. The van der Waals surface area contributed by atoms with Crippen molar-refractivity contribution in [3.8, 4) is 0 Å². The third-order valence-corrected chi connectivity index (χ3v) is 3.43. The van der Waals surface area contributed by atoms with Crippen LogP contribution in [-0.2, 0) is 17.7 Å². The fraction of sp³-hybridized carbons (Fsp3) is 0.412. The number of methoxy groups -OCH3 is 1. The van der Waals surface area contributed by atoms with Crippen molar-refractivity contribution in [1.29, 1.82) is 0 Å². The van der Waals surface area contributed by atoms with Crippen LogP contribution in [0.15, 0.2) is 47.7 Å². The van der Waals surface area contributed by atoms with Gasteiger partial charge < -0.3 is 20.4 Å². The van der Waals surface area contributed by atoms with Gasteiger partial charge in [-0.25, -0.2) is 4.98 Å². The zero-order chi connectivity index (χ0) is 16.5. The molecule has 2 aromatic rings. The quantitative estimate of drug-likeness (QED) is 0.570. The average Bonchev–Trinajstić information content (AvgIpc) is 2.95. The summed E-state index contributed by atoms with van der Waals surface area (Å²) in [6.07, 6.45) is 4.57. The Bertz CT molecular complexity index is 608. The molecule has 1 aromatic carbocycles. The Labute approximate surface area is 137 Å². The summed E-state index contributed by atoms with van der Waals surface area (Å²) in [4.78, 5) is 8.76. The number of aromatic nitrogens is 2. The Morgan fingerprint density at radius 1 is 1.39 bits per heavy atom. The number of guanidine groups is 1. The molecular formula is C17H25N5O. The van der Waals surface area contributed by atoms with Gasteiger partial charge >= 0.3 is 0 Å². The number of nitrogens with one attached hydrogen (secondary N) is 1. The van der Waals surface area contributed by atoms with Crippen molar-refractivity contribution in [2.45, 2.75) is 25.9 Å². The van der Waals surface area contributed by atoms with Crippen molar-refractivity contribution in [2.24, 2.45) is 10.7 Å². The summed E-state index contributed by atoms with van der Waals surface area (Å²) in [7, 11) is 1.66. The number of benzene rings is 1. The maximum absolute atomic E-state index is 5.86. The molecule has 0 bridgehead atoms. The molecule has 3 N–H and O–H groups in total. The number of nitrogens with zero attached hydrogens (tertiary/aromatic N) is 3. The van der Waals surface area contributed by atoms with E-state index in [1.807, 2.05) is 37.5 Å². The van der Waals surface area contributed by atoms with Gasteiger partial charge in [-0.05, 0) is 12.5 Å². The van der Waals surface area contributed by atoms with E-state index in [1.165, 1.54) is 5.56 Å². The Morgan fingerprint density at radius 3 is 2.91 bits per heavy atom. The van der Waals surface area contributed by atoms with Crippen molar-refractivity contribution in [1.82, 2.24) is 14.9 Å². The lowest BCUT2D eigenvalue weighted by atomic mass is 10.2. The summed E-state index contributed by atoms with van der Waals surface area (Å²) in [5, 5.41) is 3.09. The standard InChI is InChI=1S/C17H25N5O/c1-14(13-23-2)21-17(18)20-9-8-16-19-10-11-22(16)12-15-6-4-3-5-7-15/h3-7,10-11,14H,8-9,12-13H2,1-2H3,(H3,18,20,21). The van der Waals surface area contributed by atoms with E-state index >= 15 is 0 Å². The van der Waals surface area contributed by atoms with Crippen LogP contribution in [0.25, 0.3) is 0 Å². The van der Waals surface area contributed by atoms with Gasteiger partial charge in [-0.2, -0.15) is 0 Å². The normalized spacial score (nSPS) is 13.0. The number of hydrogen-bond acceptors (Lipinski definition) is 3. The summed E-state index contributed by atoms with van der Waals surface area (Å²) in [6.45, 7) is 4.01. The number of nitrogens with two attached hydrogens (primary N) is 1. The highest BCUT2D eigenvalue weighted by molar-refractivity contribution is 5.78. The molecule has 6 heteroatoms. The molecule has 6 nitrogen and oxygen atoms in total. The van der Waals surface area contributed by atoms with E-state index in [2.05, 4.69) is 32.0 Å². The van der Waals surface area contributed by atoms with Gasteiger partial charge in [0.2, 0.25) is 0 Å². The summed E-state index contributed by atoms with van der Waals surface area (Å²) in [5.74, 6) is 1.45. The lowest BCUT2D eigenvalue weighted by Crippen LogP contribution is -2.40. The molecule has 0 saturated heterocycles. The molecule has 23 heavy (non-hydrogen) atoms. The first kappa shape index (κ1) is 17.0. The van der Waals surface area contributed by atoms with Gasteiger partial charge in [-0.1, -0.05) is 30.3 Å². The second-order valence-electron chi connectivity index (χ2n) is 5.47. The van der Waals surface area contributed by atoms with E-state index in [4.69, 9.17) is 10.5 Å². The molecule has 2 rings (SSSR count). The van der Waals surface area contributed by atoms with E-state index < -0.39 is 0 Å². The summed E-state index contributed by atoms with van der Waals surface area (Å²) in [5.41, 5.74) is 7.12. The minimum absolute atomic E-state index is 0.142. The SMILES string of the molecule is COCC(C)NC(N)=NCCc1nccn1Cc1ccccc1. The van der Waals surface area contributed by atoms with Crippen molar-refractivity contribution >= 4 is 5.96 Å². The first-order valence-corrected chi connectivity index (χ1v) is 7.78. The number of aliphatic imine (C=N–C) groups is 1. The molecule has 1 unspecified atom stereocenters. The van der Waals surface area contributed by atoms with E-state index in [9.17, 15) is 0 Å². The van der Waals surface area contributed by atoms with Gasteiger partial charge in [0.25, 0.3) is 0 Å². The van der Waals surface area contributed by atoms with Crippen LogP contribution in [-0.4, -0.2) is 41.8 Å². The molecule has 1 aromatic heterocycles. The molecular weight excluding hydrogens is 290 g/mol. The van der Waals surface area contributed by atoms with E-state index in [0.29, 0.717) is 19.1 Å². The fourth-order valence-electron chi connectivity index (χ4n) is 2.36. The molecule has 0 radical (unpaired) electrons. The Morgan fingerprint density at radius 2 is 2.17 bits per heavy atom. The number of hydrogen-bond donors (Lipinski definition) is 2. The lowest BCUT2D eigenvalue weighted by molar-refractivity contribution is 0.179. The first-order valence-electron chi connectivity index (χ1n) is 7.78. The van der Waals surface area contributed by atoms with Crippen molar-refractivity contribution in [3.63, 3.8) is 0 Å². The van der Waals surface area contributed by atoms with Crippen LogP contribution in [0.4, 0.5) is 0 Å². The molecule has 0 aliphatic rings. The molecule has 0 fully saturated rings. The van der Waals surface area contributed by atoms with Gasteiger partial charge in [0.1, 0.15) is 5.82 Å². The van der Waals surface area contributed by atoms with Crippen molar-refractivity contribution in [2.75, 3.05) is 20.3 Å². The highest BCUT2D eigenvalue weighted by Gasteiger charge is 2.04. The maximum Gasteiger partial charge on any atom is 0.188 e. The zero-order valence-electron chi connectivity index (χ0n) is 13.8. The minimum atomic E-state index is 0.142. The molecule has 1 heterocycles. The highest BCUT2D eigenvalue weighted by Crippen LogP contribution is 2.06. The summed E-state index contributed by atoms with van der Waals surface area (Å²) < 4.78 is 7.19. The monoisotopic (exact) mass is 315 g/mol. The Kier molecular flexibility index (Phi) is 6.62. The van der Waals surface area contributed by atoms with Crippen LogP contribution in [0.2, 0.25) is 0 Å². The number of ether oxygens (including phenoxy) is 1. The van der Waals surface area contributed by atoms with Crippen LogP contribution >= 0.6 is 0 Å². The molecule has 0 aliphatic carbocycles. The number of imidazole rings is 1. The van der Waals surface area contributed by atoms with Crippen LogP contribution < -0.4 is 11.1 Å². The molecule has 0 aliphatic heterocycles. The predicted octanol–water partition coefficient (Wildman–Crippen LogP) is 1.41. The minimum Gasteiger partial charge on any atom is -0.383 e. The van der Waals surface area contributed by atoms with Gasteiger partial charge in [0, 0.05) is 45.1 Å². The van der Waals surface area contributed by atoms with Crippen LogP contribution in [0.1, 0.15) is 18.3 Å². The largest absolute Gasteiger partial charge is 0.383 e. The average molecular weight is 315 g/mol. The summed E-state index contributed by atoms with van der Waals surface area (Å²) >= 11 is 0. The van der Waals surface area contributed by atoms with E-state index in [1.54, 1.807) is 7.11 Å².